The highest BCUT2D eigenvalue weighted by Crippen LogP contribution is 2.34. The molecule has 1 saturated heterocycles. The van der Waals surface area contributed by atoms with Gasteiger partial charge in [0, 0.05) is 30.9 Å². The summed E-state index contributed by atoms with van der Waals surface area (Å²) >= 11 is 0. The van der Waals surface area contributed by atoms with Gasteiger partial charge in [0.25, 0.3) is 11.8 Å². The molecule has 6 heteroatoms. The Morgan fingerprint density at radius 3 is 2.50 bits per heavy atom. The highest BCUT2D eigenvalue weighted by molar-refractivity contribution is 6.04. The van der Waals surface area contributed by atoms with Gasteiger partial charge in [0.2, 0.25) is 0 Å². The van der Waals surface area contributed by atoms with Gasteiger partial charge < -0.3 is 10.6 Å². The SMILES string of the molecule is Cc1ccccc1[C@H]1C[C@@H](C)N(C(=O)c2nccnc2C(N)=O)C1. The molecule has 0 saturated carbocycles. The van der Waals surface area contributed by atoms with Gasteiger partial charge in [0.15, 0.2) is 11.4 Å². The van der Waals surface area contributed by atoms with Gasteiger partial charge in [0.1, 0.15) is 0 Å². The van der Waals surface area contributed by atoms with Crippen molar-refractivity contribution in [3.8, 4) is 0 Å². The minimum Gasteiger partial charge on any atom is -0.364 e. The molecule has 0 spiro atoms. The largest absolute Gasteiger partial charge is 0.364 e. The molecule has 2 atom stereocenters. The summed E-state index contributed by atoms with van der Waals surface area (Å²) in [5, 5.41) is 0. The van der Waals surface area contributed by atoms with Crippen molar-refractivity contribution in [2.75, 3.05) is 6.54 Å². The fraction of sp³-hybridized carbons (Fsp3) is 0.333. The summed E-state index contributed by atoms with van der Waals surface area (Å²) in [5.74, 6) is -0.756. The van der Waals surface area contributed by atoms with Gasteiger partial charge in [-0.15, -0.1) is 0 Å². The van der Waals surface area contributed by atoms with Crippen LogP contribution in [-0.2, 0) is 0 Å². The van der Waals surface area contributed by atoms with Gasteiger partial charge in [-0.1, -0.05) is 24.3 Å². The Morgan fingerprint density at radius 2 is 1.83 bits per heavy atom. The fourth-order valence-electron chi connectivity index (χ4n) is 3.40. The van der Waals surface area contributed by atoms with Crippen LogP contribution in [0.15, 0.2) is 36.7 Å². The Morgan fingerprint density at radius 1 is 1.17 bits per heavy atom. The molecule has 2 heterocycles. The number of nitrogens with two attached hydrogens (primary N) is 1. The van der Waals surface area contributed by atoms with Crippen molar-refractivity contribution in [1.29, 1.82) is 0 Å². The molecular formula is C18H20N4O2. The van der Waals surface area contributed by atoms with E-state index in [1.54, 1.807) is 4.90 Å². The minimum absolute atomic E-state index is 0.0299. The molecule has 2 N–H and O–H groups in total. The first-order valence-electron chi connectivity index (χ1n) is 7.96. The zero-order valence-electron chi connectivity index (χ0n) is 13.8. The highest BCUT2D eigenvalue weighted by atomic mass is 16.2. The summed E-state index contributed by atoms with van der Waals surface area (Å²) in [6.45, 7) is 4.69. The lowest BCUT2D eigenvalue weighted by Crippen LogP contribution is -2.36. The third kappa shape index (κ3) is 2.87. The van der Waals surface area contributed by atoms with E-state index in [1.165, 1.54) is 23.5 Å². The quantitative estimate of drug-likeness (QED) is 0.934. The van der Waals surface area contributed by atoms with Crippen molar-refractivity contribution < 1.29 is 9.59 Å². The van der Waals surface area contributed by atoms with Crippen LogP contribution in [0, 0.1) is 6.92 Å². The van der Waals surface area contributed by atoms with Crippen LogP contribution in [0.1, 0.15) is 51.4 Å². The first-order valence-corrected chi connectivity index (χ1v) is 7.96. The first-order chi connectivity index (χ1) is 11.5. The van der Waals surface area contributed by atoms with E-state index < -0.39 is 5.91 Å². The molecule has 0 radical (unpaired) electrons. The average molecular weight is 324 g/mol. The number of benzene rings is 1. The summed E-state index contributed by atoms with van der Waals surface area (Å²) in [4.78, 5) is 34.1. The maximum Gasteiger partial charge on any atom is 0.275 e. The molecule has 124 valence electrons. The molecule has 6 nitrogen and oxygen atoms in total. The maximum absolute atomic E-state index is 12.9. The molecule has 1 aromatic carbocycles. The number of aryl methyl sites for hydroxylation is 1. The lowest BCUT2D eigenvalue weighted by atomic mass is 9.93. The summed E-state index contributed by atoms with van der Waals surface area (Å²) in [7, 11) is 0. The third-order valence-electron chi connectivity index (χ3n) is 4.60. The van der Waals surface area contributed by atoms with Gasteiger partial charge in [-0.3, -0.25) is 9.59 Å². The van der Waals surface area contributed by atoms with Gasteiger partial charge in [-0.25, -0.2) is 9.97 Å². The van der Waals surface area contributed by atoms with E-state index >= 15 is 0 Å². The molecule has 0 bridgehead atoms. The second-order valence-corrected chi connectivity index (χ2v) is 6.21. The molecule has 0 aliphatic carbocycles. The summed E-state index contributed by atoms with van der Waals surface area (Å²) in [6, 6.07) is 8.28. The van der Waals surface area contributed by atoms with E-state index in [1.807, 2.05) is 19.1 Å². The Kier molecular flexibility index (Phi) is 4.29. The van der Waals surface area contributed by atoms with Crippen LogP contribution in [-0.4, -0.2) is 39.3 Å². The van der Waals surface area contributed by atoms with Crippen molar-refractivity contribution in [3.05, 3.63) is 59.2 Å². The highest BCUT2D eigenvalue weighted by Gasteiger charge is 2.36. The summed E-state index contributed by atoms with van der Waals surface area (Å²) in [5.41, 5.74) is 7.75. The molecule has 2 aromatic rings. The van der Waals surface area contributed by atoms with Crippen LogP contribution >= 0.6 is 0 Å². The van der Waals surface area contributed by atoms with Gasteiger partial charge in [0.05, 0.1) is 0 Å². The fourth-order valence-corrected chi connectivity index (χ4v) is 3.40. The van der Waals surface area contributed by atoms with Gasteiger partial charge in [-0.05, 0) is 31.4 Å². The summed E-state index contributed by atoms with van der Waals surface area (Å²) < 4.78 is 0. The second kappa shape index (κ2) is 6.39. The van der Waals surface area contributed by atoms with E-state index in [4.69, 9.17) is 5.73 Å². The Labute approximate surface area is 140 Å². The summed E-state index contributed by atoms with van der Waals surface area (Å²) in [6.07, 6.45) is 3.64. The Bertz CT molecular complexity index is 790. The Hall–Kier alpha value is -2.76. The van der Waals surface area contributed by atoms with Crippen molar-refractivity contribution in [3.63, 3.8) is 0 Å². The molecule has 1 fully saturated rings. The van der Waals surface area contributed by atoms with Crippen molar-refractivity contribution in [2.45, 2.75) is 32.2 Å². The Balaban J connectivity index is 1.87. The van der Waals surface area contributed by atoms with Crippen LogP contribution in [0.2, 0.25) is 0 Å². The average Bonchev–Trinajstić information content (AvgIpc) is 2.96. The normalized spacial score (nSPS) is 20.2. The van der Waals surface area contributed by atoms with Crippen molar-refractivity contribution in [1.82, 2.24) is 14.9 Å². The molecular weight excluding hydrogens is 304 g/mol. The number of carbonyl (C=O) groups excluding carboxylic acids is 2. The van der Waals surface area contributed by atoms with Crippen LogP contribution in [0.3, 0.4) is 0 Å². The number of hydrogen-bond donors (Lipinski definition) is 1. The van der Waals surface area contributed by atoms with Gasteiger partial charge >= 0.3 is 0 Å². The van der Waals surface area contributed by atoms with E-state index in [9.17, 15) is 9.59 Å². The van der Waals surface area contributed by atoms with E-state index in [-0.39, 0.29) is 29.3 Å². The molecule has 1 aliphatic heterocycles. The molecule has 0 unspecified atom stereocenters. The van der Waals surface area contributed by atoms with Crippen molar-refractivity contribution in [2.24, 2.45) is 5.73 Å². The predicted molar refractivity (Wildman–Crippen MR) is 89.6 cm³/mol. The van der Waals surface area contributed by atoms with Crippen LogP contribution in [0.4, 0.5) is 0 Å². The standard InChI is InChI=1S/C18H20N4O2/c1-11-5-3-4-6-14(11)13-9-12(2)22(10-13)18(24)16-15(17(19)23)20-7-8-21-16/h3-8,12-13H,9-10H2,1-2H3,(H2,19,23)/t12-,13+/m1/s1. The molecule has 24 heavy (non-hydrogen) atoms. The number of likely N-dealkylation sites (tertiary alicyclic amines) is 1. The smallest absolute Gasteiger partial charge is 0.275 e. The number of primary amides is 1. The molecule has 1 aromatic heterocycles. The maximum atomic E-state index is 12.9. The monoisotopic (exact) mass is 324 g/mol. The topological polar surface area (TPSA) is 89.2 Å². The zero-order chi connectivity index (χ0) is 17.3. The lowest BCUT2D eigenvalue weighted by Gasteiger charge is -2.21. The molecule has 3 rings (SSSR count). The number of amides is 2. The van der Waals surface area contributed by atoms with E-state index in [0.717, 1.165) is 6.42 Å². The molecule has 2 amide bonds. The van der Waals surface area contributed by atoms with Crippen LogP contribution < -0.4 is 5.73 Å². The number of aromatic nitrogens is 2. The minimum atomic E-state index is -0.742. The molecule has 1 aliphatic rings. The first kappa shape index (κ1) is 16.1. The van der Waals surface area contributed by atoms with E-state index in [2.05, 4.69) is 29.0 Å². The van der Waals surface area contributed by atoms with Crippen LogP contribution in [0.5, 0.6) is 0 Å². The number of nitrogens with zero attached hydrogens (tertiary/aromatic N) is 3. The lowest BCUT2D eigenvalue weighted by molar-refractivity contribution is 0.0733. The van der Waals surface area contributed by atoms with Crippen LogP contribution in [0.25, 0.3) is 0 Å². The predicted octanol–water partition coefficient (Wildman–Crippen LogP) is 1.90. The van der Waals surface area contributed by atoms with Crippen molar-refractivity contribution >= 4 is 11.8 Å². The van der Waals surface area contributed by atoms with Gasteiger partial charge in [-0.2, -0.15) is 0 Å². The number of rotatable bonds is 3. The third-order valence-corrected chi connectivity index (χ3v) is 4.60. The number of carbonyl (C=O) groups is 2. The zero-order valence-corrected chi connectivity index (χ0v) is 13.8. The number of hydrogen-bond acceptors (Lipinski definition) is 4. The second-order valence-electron chi connectivity index (χ2n) is 6.21. The van der Waals surface area contributed by atoms with E-state index in [0.29, 0.717) is 6.54 Å².